The van der Waals surface area contributed by atoms with Gasteiger partial charge in [-0.2, -0.15) is 0 Å². The topological polar surface area (TPSA) is 32.5 Å². The highest BCUT2D eigenvalue weighted by atomic mass is 19.1. The highest BCUT2D eigenvalue weighted by Crippen LogP contribution is 2.24. The van der Waals surface area contributed by atoms with Gasteiger partial charge in [-0.05, 0) is 44.5 Å². The first-order valence-corrected chi connectivity index (χ1v) is 7.88. The largest absolute Gasteiger partial charge is 0.329 e. The van der Waals surface area contributed by atoms with Gasteiger partial charge in [-0.3, -0.25) is 4.90 Å². The summed E-state index contributed by atoms with van der Waals surface area (Å²) in [7, 11) is 2.20. The van der Waals surface area contributed by atoms with Gasteiger partial charge in [0.1, 0.15) is 5.82 Å². The minimum absolute atomic E-state index is 0.0630. The fraction of sp³-hybridized carbons (Fsp3) is 0.647. The van der Waals surface area contributed by atoms with Crippen molar-refractivity contribution in [3.05, 3.63) is 35.6 Å². The van der Waals surface area contributed by atoms with E-state index in [0.29, 0.717) is 12.6 Å². The van der Waals surface area contributed by atoms with Crippen LogP contribution in [0.15, 0.2) is 24.3 Å². The molecule has 1 aliphatic rings. The molecule has 1 aliphatic heterocycles. The van der Waals surface area contributed by atoms with E-state index in [1.165, 1.54) is 12.1 Å². The zero-order valence-corrected chi connectivity index (χ0v) is 13.5. The van der Waals surface area contributed by atoms with Crippen LogP contribution in [0.4, 0.5) is 4.39 Å². The van der Waals surface area contributed by atoms with Crippen LogP contribution in [-0.2, 0) is 6.42 Å². The second-order valence-corrected chi connectivity index (χ2v) is 6.49. The Labute approximate surface area is 127 Å². The Hall–Kier alpha value is -0.970. The maximum absolute atomic E-state index is 13.1. The molecule has 21 heavy (non-hydrogen) atoms. The number of hydrogen-bond donors (Lipinski definition) is 1. The van der Waals surface area contributed by atoms with Gasteiger partial charge in [0.25, 0.3) is 0 Å². The summed E-state index contributed by atoms with van der Waals surface area (Å²) in [6.45, 7) is 8.27. The molecule has 3 nitrogen and oxygen atoms in total. The first-order chi connectivity index (χ1) is 9.98. The summed E-state index contributed by atoms with van der Waals surface area (Å²) in [6, 6.07) is 7.40. The lowest BCUT2D eigenvalue weighted by molar-refractivity contribution is 0.0207. The van der Waals surface area contributed by atoms with E-state index in [4.69, 9.17) is 5.73 Å². The smallest absolute Gasteiger partial charge is 0.123 e. The van der Waals surface area contributed by atoms with E-state index in [2.05, 4.69) is 30.7 Å². The number of benzene rings is 1. The van der Waals surface area contributed by atoms with E-state index in [-0.39, 0.29) is 11.4 Å². The van der Waals surface area contributed by atoms with Gasteiger partial charge < -0.3 is 10.6 Å². The second-order valence-electron chi connectivity index (χ2n) is 6.49. The molecule has 2 rings (SSSR count). The van der Waals surface area contributed by atoms with Crippen LogP contribution in [0.5, 0.6) is 0 Å². The zero-order valence-electron chi connectivity index (χ0n) is 13.5. The molecule has 1 aromatic carbocycles. The molecular formula is C17H28FN3. The summed E-state index contributed by atoms with van der Waals surface area (Å²) in [4.78, 5) is 4.95. The molecule has 1 heterocycles. The molecule has 0 amide bonds. The number of halogens is 1. The number of nitrogens with zero attached hydrogens (tertiary/aromatic N) is 2. The Morgan fingerprint density at radius 2 is 1.95 bits per heavy atom. The molecule has 2 N–H and O–H groups in total. The van der Waals surface area contributed by atoms with Crippen LogP contribution in [0.2, 0.25) is 0 Å². The van der Waals surface area contributed by atoms with Crippen LogP contribution in [0.25, 0.3) is 0 Å². The van der Waals surface area contributed by atoms with Gasteiger partial charge in [0.15, 0.2) is 0 Å². The lowest BCUT2D eigenvalue weighted by Crippen LogP contribution is -2.62. The summed E-state index contributed by atoms with van der Waals surface area (Å²) < 4.78 is 13.1. The summed E-state index contributed by atoms with van der Waals surface area (Å²) in [5, 5.41) is 0. The Morgan fingerprint density at radius 3 is 2.52 bits per heavy atom. The molecule has 0 bridgehead atoms. The van der Waals surface area contributed by atoms with Crippen molar-refractivity contribution in [3.8, 4) is 0 Å². The minimum atomic E-state index is -0.182. The van der Waals surface area contributed by atoms with E-state index < -0.39 is 0 Å². The molecule has 0 aliphatic carbocycles. The number of rotatable bonds is 5. The monoisotopic (exact) mass is 293 g/mol. The lowest BCUT2D eigenvalue weighted by Gasteiger charge is -2.48. The molecule has 1 saturated heterocycles. The van der Waals surface area contributed by atoms with Crippen LogP contribution in [0, 0.1) is 5.82 Å². The number of piperazine rings is 1. The minimum Gasteiger partial charge on any atom is -0.329 e. The lowest BCUT2D eigenvalue weighted by atomic mass is 9.89. The van der Waals surface area contributed by atoms with Crippen molar-refractivity contribution in [2.24, 2.45) is 5.73 Å². The van der Waals surface area contributed by atoms with Crippen molar-refractivity contribution >= 4 is 0 Å². The SMILES string of the molecule is CCC1CN(C(C)(CN)Cc2ccc(F)cc2)CCN1C. The van der Waals surface area contributed by atoms with E-state index in [1.54, 1.807) is 0 Å². The summed E-state index contributed by atoms with van der Waals surface area (Å²) in [5.41, 5.74) is 7.19. The number of nitrogens with two attached hydrogens (primary N) is 1. The van der Waals surface area contributed by atoms with Gasteiger partial charge in [-0.25, -0.2) is 4.39 Å². The quantitative estimate of drug-likeness (QED) is 0.902. The maximum Gasteiger partial charge on any atom is 0.123 e. The van der Waals surface area contributed by atoms with Gasteiger partial charge in [0, 0.05) is 37.8 Å². The van der Waals surface area contributed by atoms with Crippen LogP contribution < -0.4 is 5.73 Å². The fourth-order valence-corrected chi connectivity index (χ4v) is 3.23. The van der Waals surface area contributed by atoms with Gasteiger partial charge in [0.2, 0.25) is 0 Å². The van der Waals surface area contributed by atoms with Crippen molar-refractivity contribution in [2.45, 2.75) is 38.3 Å². The van der Waals surface area contributed by atoms with Gasteiger partial charge in [0.05, 0.1) is 0 Å². The fourth-order valence-electron chi connectivity index (χ4n) is 3.23. The Kier molecular flexibility index (Phi) is 5.36. The average molecular weight is 293 g/mol. The molecule has 118 valence electrons. The molecule has 2 atom stereocenters. The van der Waals surface area contributed by atoms with Crippen LogP contribution >= 0.6 is 0 Å². The van der Waals surface area contributed by atoms with Gasteiger partial charge >= 0.3 is 0 Å². The average Bonchev–Trinajstić information content (AvgIpc) is 2.50. The zero-order chi connectivity index (χ0) is 15.5. The Balaban J connectivity index is 2.11. The molecule has 0 saturated carbocycles. The normalized spacial score (nSPS) is 24.0. The highest BCUT2D eigenvalue weighted by molar-refractivity contribution is 5.19. The van der Waals surface area contributed by atoms with Crippen LogP contribution in [0.3, 0.4) is 0 Å². The Bertz CT molecular complexity index is 448. The maximum atomic E-state index is 13.1. The van der Waals surface area contributed by atoms with E-state index in [0.717, 1.165) is 38.0 Å². The third kappa shape index (κ3) is 3.82. The molecule has 0 spiro atoms. The van der Waals surface area contributed by atoms with Crippen LogP contribution in [0.1, 0.15) is 25.8 Å². The molecule has 1 aromatic rings. The van der Waals surface area contributed by atoms with Crippen molar-refractivity contribution in [1.82, 2.24) is 9.80 Å². The van der Waals surface area contributed by atoms with Crippen molar-refractivity contribution in [2.75, 3.05) is 33.2 Å². The molecule has 0 aromatic heterocycles. The van der Waals surface area contributed by atoms with Crippen molar-refractivity contribution < 1.29 is 4.39 Å². The number of likely N-dealkylation sites (N-methyl/N-ethyl adjacent to an activating group) is 1. The number of hydrogen-bond acceptors (Lipinski definition) is 3. The van der Waals surface area contributed by atoms with E-state index in [1.807, 2.05) is 12.1 Å². The predicted octanol–water partition coefficient (Wildman–Crippen LogP) is 2.11. The van der Waals surface area contributed by atoms with E-state index in [9.17, 15) is 4.39 Å². The molecule has 0 radical (unpaired) electrons. The van der Waals surface area contributed by atoms with Crippen molar-refractivity contribution in [1.29, 1.82) is 0 Å². The van der Waals surface area contributed by atoms with Crippen LogP contribution in [-0.4, -0.2) is 54.6 Å². The third-order valence-corrected chi connectivity index (χ3v) is 4.95. The summed E-state index contributed by atoms with van der Waals surface area (Å²) >= 11 is 0. The molecular weight excluding hydrogens is 265 g/mol. The first-order valence-electron chi connectivity index (χ1n) is 7.88. The third-order valence-electron chi connectivity index (χ3n) is 4.95. The van der Waals surface area contributed by atoms with Gasteiger partial charge in [-0.15, -0.1) is 0 Å². The highest BCUT2D eigenvalue weighted by Gasteiger charge is 2.35. The predicted molar refractivity (Wildman–Crippen MR) is 85.8 cm³/mol. The van der Waals surface area contributed by atoms with E-state index >= 15 is 0 Å². The summed E-state index contributed by atoms with van der Waals surface area (Å²) in [5.74, 6) is -0.182. The molecule has 4 heteroatoms. The Morgan fingerprint density at radius 1 is 1.29 bits per heavy atom. The first kappa shape index (κ1) is 16.4. The standard InChI is InChI=1S/C17H28FN3/c1-4-16-12-21(10-9-20(16)3)17(2,13-19)11-14-5-7-15(18)8-6-14/h5-8,16H,4,9-13,19H2,1-3H3. The molecule has 1 fully saturated rings. The molecule has 2 unspecified atom stereocenters. The summed E-state index contributed by atoms with van der Waals surface area (Å²) in [6.07, 6.45) is 2.02. The second kappa shape index (κ2) is 6.86. The van der Waals surface area contributed by atoms with Crippen molar-refractivity contribution in [3.63, 3.8) is 0 Å². The van der Waals surface area contributed by atoms with Gasteiger partial charge in [-0.1, -0.05) is 19.1 Å².